The van der Waals surface area contributed by atoms with Crippen molar-refractivity contribution in [1.82, 2.24) is 10.3 Å². The van der Waals surface area contributed by atoms with Gasteiger partial charge in [-0.2, -0.15) is 5.10 Å². The molecule has 0 fully saturated rings. The molecule has 1 aliphatic rings. The molecular weight excluding hydrogens is 142 g/mol. The number of nitrogens with one attached hydrogen (secondary N) is 1. The van der Waals surface area contributed by atoms with Crippen molar-refractivity contribution in [1.29, 1.82) is 0 Å². The van der Waals surface area contributed by atoms with E-state index in [1.54, 1.807) is 12.3 Å². The van der Waals surface area contributed by atoms with Gasteiger partial charge in [0.2, 0.25) is 0 Å². The number of allylic oxidation sites excluding steroid dienone is 1. The van der Waals surface area contributed by atoms with Crippen LogP contribution in [0.15, 0.2) is 29.3 Å². The van der Waals surface area contributed by atoms with Crippen LogP contribution in [-0.4, -0.2) is 17.6 Å². The Morgan fingerprint density at radius 3 is 3.09 bits per heavy atom. The lowest BCUT2D eigenvalue weighted by Crippen LogP contribution is -2.32. The summed E-state index contributed by atoms with van der Waals surface area (Å²) in [7, 11) is 0. The maximum absolute atomic E-state index is 10.8. The molecule has 0 spiro atoms. The molecule has 1 amide bonds. The zero-order chi connectivity index (χ0) is 8.27. The molecule has 0 atom stereocenters. The second-order valence-electron chi connectivity index (χ2n) is 1.96. The second-order valence-corrected chi connectivity index (χ2v) is 1.96. The number of carbonyl (C=O) groups excluding carboxylic acids is 1. The van der Waals surface area contributed by atoms with Gasteiger partial charge < -0.3 is 5.32 Å². The minimum Gasteiger partial charge on any atom is -0.307 e. The first-order chi connectivity index (χ1) is 5.27. The van der Waals surface area contributed by atoms with Crippen LogP contribution in [0, 0.1) is 0 Å². The van der Waals surface area contributed by atoms with Crippen LogP contribution >= 0.6 is 0 Å². The van der Waals surface area contributed by atoms with Gasteiger partial charge in [-0.15, -0.1) is 0 Å². The molecule has 11 heavy (non-hydrogen) atoms. The standard InChI is InChI=1S/C7H9N3O/c1-3-6-9-7(11)4-5-10(6)8-2/h3-5H,2H2,1H3,(H,9,11)/b6-3-. The van der Waals surface area contributed by atoms with Crippen molar-refractivity contribution in [2.75, 3.05) is 0 Å². The van der Waals surface area contributed by atoms with Gasteiger partial charge in [0.1, 0.15) is 5.82 Å². The summed E-state index contributed by atoms with van der Waals surface area (Å²) in [6, 6.07) is 0. The minimum absolute atomic E-state index is 0.141. The molecule has 1 N–H and O–H groups in total. The van der Waals surface area contributed by atoms with E-state index in [1.807, 2.05) is 6.92 Å². The molecule has 1 rings (SSSR count). The molecule has 1 heterocycles. The Hall–Kier alpha value is -1.58. The number of carbonyl (C=O) groups is 1. The third-order valence-electron chi connectivity index (χ3n) is 1.29. The highest BCUT2D eigenvalue weighted by molar-refractivity contribution is 5.89. The van der Waals surface area contributed by atoms with Crippen molar-refractivity contribution in [2.45, 2.75) is 6.92 Å². The molecule has 0 bridgehead atoms. The van der Waals surface area contributed by atoms with E-state index in [-0.39, 0.29) is 5.91 Å². The van der Waals surface area contributed by atoms with Gasteiger partial charge in [0.05, 0.1) is 0 Å². The van der Waals surface area contributed by atoms with E-state index >= 15 is 0 Å². The topological polar surface area (TPSA) is 44.7 Å². The van der Waals surface area contributed by atoms with Crippen molar-refractivity contribution < 1.29 is 4.79 Å². The molecule has 0 aromatic rings. The first-order valence-corrected chi connectivity index (χ1v) is 3.19. The van der Waals surface area contributed by atoms with Gasteiger partial charge in [0, 0.05) is 19.0 Å². The lowest BCUT2D eigenvalue weighted by Gasteiger charge is -2.20. The number of rotatable bonds is 1. The fourth-order valence-corrected chi connectivity index (χ4v) is 0.772. The van der Waals surface area contributed by atoms with Gasteiger partial charge in [0.15, 0.2) is 0 Å². The Bertz CT molecular complexity index is 242. The summed E-state index contributed by atoms with van der Waals surface area (Å²) in [6.45, 7) is 5.15. The summed E-state index contributed by atoms with van der Waals surface area (Å²) in [4.78, 5) is 10.8. The number of hydrogen-bond acceptors (Lipinski definition) is 3. The maximum atomic E-state index is 10.8. The average Bonchev–Trinajstić information content (AvgIpc) is 2.04. The van der Waals surface area contributed by atoms with Crippen LogP contribution in [-0.2, 0) is 4.79 Å². The molecule has 0 saturated heterocycles. The number of hydrogen-bond donors (Lipinski definition) is 1. The minimum atomic E-state index is -0.141. The first kappa shape index (κ1) is 7.53. The summed E-state index contributed by atoms with van der Waals surface area (Å²) in [5.74, 6) is 0.491. The highest BCUT2D eigenvalue weighted by Crippen LogP contribution is 2.05. The average molecular weight is 151 g/mol. The van der Waals surface area contributed by atoms with Crippen molar-refractivity contribution in [2.24, 2.45) is 5.10 Å². The first-order valence-electron chi connectivity index (χ1n) is 3.19. The molecular formula is C7H9N3O. The van der Waals surface area contributed by atoms with E-state index in [0.717, 1.165) is 0 Å². The summed E-state index contributed by atoms with van der Waals surface area (Å²) in [6.07, 6.45) is 4.69. The van der Waals surface area contributed by atoms with Crippen LogP contribution in [0.25, 0.3) is 0 Å². The molecule has 0 aromatic heterocycles. The van der Waals surface area contributed by atoms with E-state index in [0.29, 0.717) is 5.82 Å². The van der Waals surface area contributed by atoms with Crippen molar-refractivity contribution >= 4 is 12.6 Å². The third-order valence-corrected chi connectivity index (χ3v) is 1.29. The van der Waals surface area contributed by atoms with Crippen molar-refractivity contribution in [3.05, 3.63) is 24.2 Å². The Labute approximate surface area is 64.9 Å². The van der Waals surface area contributed by atoms with Crippen molar-refractivity contribution in [3.8, 4) is 0 Å². The molecule has 0 aliphatic carbocycles. The molecule has 58 valence electrons. The fraction of sp³-hybridized carbons (Fsp3) is 0.143. The Kier molecular flexibility index (Phi) is 2.06. The fourth-order valence-electron chi connectivity index (χ4n) is 0.772. The Morgan fingerprint density at radius 2 is 2.55 bits per heavy atom. The summed E-state index contributed by atoms with van der Waals surface area (Å²) >= 11 is 0. The predicted octanol–water partition coefficient (Wildman–Crippen LogP) is 0.409. The largest absolute Gasteiger partial charge is 0.307 e. The number of amides is 1. The molecule has 0 radical (unpaired) electrons. The van der Waals surface area contributed by atoms with Gasteiger partial charge in [-0.25, -0.2) is 5.01 Å². The summed E-state index contributed by atoms with van der Waals surface area (Å²) in [5.41, 5.74) is 0. The van der Waals surface area contributed by atoms with Crippen molar-refractivity contribution in [3.63, 3.8) is 0 Å². The normalized spacial score (nSPS) is 20.3. The van der Waals surface area contributed by atoms with Gasteiger partial charge in [-0.3, -0.25) is 4.79 Å². The van der Waals surface area contributed by atoms with Gasteiger partial charge in [-0.05, 0) is 13.0 Å². The zero-order valence-corrected chi connectivity index (χ0v) is 6.24. The van der Waals surface area contributed by atoms with Crippen LogP contribution in [0.3, 0.4) is 0 Å². The highest BCUT2D eigenvalue weighted by Gasteiger charge is 2.11. The quantitative estimate of drug-likeness (QED) is 0.551. The maximum Gasteiger partial charge on any atom is 0.251 e. The van der Waals surface area contributed by atoms with Crippen LogP contribution in [0.5, 0.6) is 0 Å². The zero-order valence-electron chi connectivity index (χ0n) is 6.24. The molecule has 0 unspecified atom stereocenters. The SMILES string of the molecule is C=NN1C=CC(=O)N/C1=C/C. The molecule has 4 nitrogen and oxygen atoms in total. The van der Waals surface area contributed by atoms with Gasteiger partial charge in [-0.1, -0.05) is 0 Å². The molecule has 0 aromatic carbocycles. The van der Waals surface area contributed by atoms with Crippen LogP contribution < -0.4 is 5.32 Å². The Morgan fingerprint density at radius 1 is 1.82 bits per heavy atom. The summed E-state index contributed by atoms with van der Waals surface area (Å²) < 4.78 is 0. The van der Waals surface area contributed by atoms with Crippen LogP contribution in [0.2, 0.25) is 0 Å². The van der Waals surface area contributed by atoms with Gasteiger partial charge in [0.25, 0.3) is 5.91 Å². The molecule has 4 heteroatoms. The second kappa shape index (κ2) is 3.01. The summed E-state index contributed by atoms with van der Waals surface area (Å²) in [5, 5.41) is 7.73. The molecule has 1 aliphatic heterocycles. The lowest BCUT2D eigenvalue weighted by atomic mass is 10.4. The van der Waals surface area contributed by atoms with Gasteiger partial charge >= 0.3 is 0 Å². The van der Waals surface area contributed by atoms with E-state index in [1.165, 1.54) is 11.1 Å². The van der Waals surface area contributed by atoms with E-state index < -0.39 is 0 Å². The lowest BCUT2D eigenvalue weighted by molar-refractivity contribution is -0.116. The van der Waals surface area contributed by atoms with E-state index in [2.05, 4.69) is 17.1 Å². The van der Waals surface area contributed by atoms with Crippen LogP contribution in [0.4, 0.5) is 0 Å². The number of hydrazone groups is 1. The van der Waals surface area contributed by atoms with Crippen LogP contribution in [0.1, 0.15) is 6.92 Å². The molecule has 0 saturated carbocycles. The third kappa shape index (κ3) is 1.46. The monoisotopic (exact) mass is 151 g/mol. The van der Waals surface area contributed by atoms with E-state index in [4.69, 9.17) is 0 Å². The Balaban J connectivity index is 2.88. The number of nitrogens with zero attached hydrogens (tertiary/aromatic N) is 2. The predicted molar refractivity (Wildman–Crippen MR) is 42.4 cm³/mol. The highest BCUT2D eigenvalue weighted by atomic mass is 16.1. The van der Waals surface area contributed by atoms with E-state index in [9.17, 15) is 4.79 Å². The smallest absolute Gasteiger partial charge is 0.251 e.